The molecule has 0 aliphatic carbocycles. The van der Waals surface area contributed by atoms with Crippen molar-refractivity contribution in [2.75, 3.05) is 13.0 Å². The lowest BCUT2D eigenvalue weighted by atomic mass is 10.1. The quantitative estimate of drug-likeness (QED) is 0.255. The number of aryl methyl sites for hydroxylation is 1. The molecule has 11 heteroatoms. The van der Waals surface area contributed by atoms with Crippen molar-refractivity contribution in [2.45, 2.75) is 31.7 Å². The summed E-state index contributed by atoms with van der Waals surface area (Å²) >= 11 is 0. The third-order valence-corrected chi connectivity index (χ3v) is 3.77. The zero-order valence-electron chi connectivity index (χ0n) is 11.8. The molecule has 0 aromatic carbocycles. The van der Waals surface area contributed by atoms with Gasteiger partial charge in [0.1, 0.15) is 6.23 Å². The van der Waals surface area contributed by atoms with E-state index in [1.807, 2.05) is 0 Å². The summed E-state index contributed by atoms with van der Waals surface area (Å²) in [4.78, 5) is 28.2. The molecule has 2 rings (SSSR count). The van der Waals surface area contributed by atoms with Gasteiger partial charge in [-0.2, -0.15) is 0 Å². The van der Waals surface area contributed by atoms with E-state index in [-0.39, 0.29) is 21.8 Å². The van der Waals surface area contributed by atoms with Crippen molar-refractivity contribution in [3.63, 3.8) is 0 Å². The van der Waals surface area contributed by atoms with Crippen LogP contribution in [0.3, 0.4) is 0 Å². The van der Waals surface area contributed by atoms with Crippen LogP contribution in [0, 0.1) is 6.92 Å². The van der Waals surface area contributed by atoms with E-state index in [0.29, 0.717) is 12.0 Å². The fourth-order valence-corrected chi connectivity index (χ4v) is 2.58. The fourth-order valence-electron chi connectivity index (χ4n) is 2.21. The molecular formula is C11H16N5O5P. The molecular weight excluding hydrogens is 313 g/mol. The lowest BCUT2D eigenvalue weighted by molar-refractivity contribution is -0.0204. The summed E-state index contributed by atoms with van der Waals surface area (Å²) in [6, 6.07) is -0.488. The first kappa shape index (κ1) is 16.7. The highest BCUT2D eigenvalue weighted by molar-refractivity contribution is 7.31. The van der Waals surface area contributed by atoms with Crippen molar-refractivity contribution >= 4 is 8.81 Å². The van der Waals surface area contributed by atoms with Crippen LogP contribution in [0.15, 0.2) is 20.9 Å². The van der Waals surface area contributed by atoms with Crippen molar-refractivity contribution in [3.05, 3.63) is 43.0 Å². The number of nitrogens with zero attached hydrogens (tertiary/aromatic N) is 4. The van der Waals surface area contributed by atoms with Gasteiger partial charge >= 0.3 is 5.69 Å². The van der Waals surface area contributed by atoms with Gasteiger partial charge < -0.3 is 14.4 Å². The van der Waals surface area contributed by atoms with Crippen molar-refractivity contribution in [2.24, 2.45) is 5.11 Å². The molecule has 1 aromatic heterocycles. The monoisotopic (exact) mass is 329 g/mol. The molecule has 0 bridgehead atoms. The van der Waals surface area contributed by atoms with Crippen LogP contribution in [0.2, 0.25) is 0 Å². The van der Waals surface area contributed by atoms with Gasteiger partial charge in [0.2, 0.25) is 0 Å². The van der Waals surface area contributed by atoms with E-state index >= 15 is 0 Å². The Morgan fingerprint density at radius 2 is 2.45 bits per heavy atom. The van der Waals surface area contributed by atoms with Crippen LogP contribution in [0.1, 0.15) is 18.2 Å². The maximum Gasteiger partial charge on any atom is 0.330 e. The second-order valence-electron chi connectivity index (χ2n) is 4.73. The summed E-state index contributed by atoms with van der Waals surface area (Å²) in [6.45, 7) is 1.73. The average Bonchev–Trinajstić information content (AvgIpc) is 2.87. The summed E-state index contributed by atoms with van der Waals surface area (Å²) in [5, 5.41) is 12.4. The summed E-state index contributed by atoms with van der Waals surface area (Å²) < 4.78 is 12.2. The molecule has 0 radical (unpaired) electrons. The van der Waals surface area contributed by atoms with E-state index in [1.54, 1.807) is 6.92 Å². The minimum atomic E-state index is -0.649. The lowest BCUT2D eigenvalue weighted by Gasteiger charge is -2.16. The molecule has 1 fully saturated rings. The van der Waals surface area contributed by atoms with Gasteiger partial charge in [-0.3, -0.25) is 14.3 Å². The minimum Gasteiger partial charge on any atom is -0.390 e. The van der Waals surface area contributed by atoms with E-state index in [4.69, 9.17) is 19.9 Å². The number of azide groups is 1. The summed E-state index contributed by atoms with van der Waals surface area (Å²) in [7, 11) is -0.0894. The van der Waals surface area contributed by atoms with Crippen molar-refractivity contribution in [1.29, 1.82) is 0 Å². The molecule has 1 aromatic rings. The summed E-state index contributed by atoms with van der Waals surface area (Å²) in [5.41, 5.74) is 7.96. The Kier molecular flexibility index (Phi) is 5.70. The summed E-state index contributed by atoms with van der Waals surface area (Å²) in [5.74, 6) is 0. The van der Waals surface area contributed by atoms with E-state index in [0.717, 1.165) is 0 Å². The SMILES string of the molecule is Cc1cn([C@H]2CC(N=[N+]=[N-])[C@@H](COPCO)O2)c(=O)[nH]c1=O. The Labute approximate surface area is 126 Å². The van der Waals surface area contributed by atoms with Crippen LogP contribution in [0.25, 0.3) is 10.4 Å². The largest absolute Gasteiger partial charge is 0.390 e. The molecule has 2 N–H and O–H groups in total. The zero-order valence-corrected chi connectivity index (χ0v) is 12.8. The number of H-pyrrole nitrogens is 1. The predicted molar refractivity (Wildman–Crippen MR) is 78.9 cm³/mol. The number of aliphatic hydroxyl groups excluding tert-OH is 1. The highest BCUT2D eigenvalue weighted by atomic mass is 31.1. The molecule has 1 saturated heterocycles. The maximum absolute atomic E-state index is 11.9. The molecule has 0 spiro atoms. The molecule has 22 heavy (non-hydrogen) atoms. The van der Waals surface area contributed by atoms with Crippen LogP contribution >= 0.6 is 8.81 Å². The van der Waals surface area contributed by atoms with Crippen LogP contribution < -0.4 is 11.2 Å². The van der Waals surface area contributed by atoms with Gasteiger partial charge in [0.25, 0.3) is 5.56 Å². The van der Waals surface area contributed by atoms with Gasteiger partial charge in [0, 0.05) is 31.9 Å². The molecule has 0 saturated carbocycles. The number of aliphatic hydroxyl groups is 1. The average molecular weight is 329 g/mol. The number of rotatable bonds is 6. The third kappa shape index (κ3) is 3.73. The Balaban J connectivity index is 2.20. The Hall–Kier alpha value is -1.70. The maximum atomic E-state index is 11.9. The molecule has 2 heterocycles. The highest BCUT2D eigenvalue weighted by Gasteiger charge is 2.36. The topological polar surface area (TPSA) is 142 Å². The molecule has 1 aliphatic rings. The highest BCUT2D eigenvalue weighted by Crippen LogP contribution is 2.31. The van der Waals surface area contributed by atoms with Crippen molar-refractivity contribution < 1.29 is 14.4 Å². The van der Waals surface area contributed by atoms with Gasteiger partial charge in [-0.15, -0.1) is 0 Å². The molecule has 2 unspecified atom stereocenters. The second kappa shape index (κ2) is 7.53. The van der Waals surface area contributed by atoms with Gasteiger partial charge in [-0.05, 0) is 12.5 Å². The first-order chi connectivity index (χ1) is 10.6. The molecule has 0 amide bonds. The van der Waals surface area contributed by atoms with Crippen molar-refractivity contribution in [3.8, 4) is 0 Å². The molecule has 1 aliphatic heterocycles. The van der Waals surface area contributed by atoms with Gasteiger partial charge in [0.05, 0.1) is 25.1 Å². The smallest absolute Gasteiger partial charge is 0.330 e. The predicted octanol–water partition coefficient (Wildman–Crippen LogP) is 0.371. The zero-order chi connectivity index (χ0) is 16.1. The molecule has 120 valence electrons. The number of ether oxygens (including phenoxy) is 1. The Morgan fingerprint density at radius 1 is 1.68 bits per heavy atom. The van der Waals surface area contributed by atoms with E-state index in [9.17, 15) is 9.59 Å². The van der Waals surface area contributed by atoms with Gasteiger partial charge in [0.15, 0.2) is 0 Å². The van der Waals surface area contributed by atoms with Crippen LogP contribution in [-0.4, -0.2) is 39.8 Å². The fraction of sp³-hybridized carbons (Fsp3) is 0.636. The van der Waals surface area contributed by atoms with E-state index in [2.05, 4.69) is 15.0 Å². The number of hydrogen-bond donors (Lipinski definition) is 2. The minimum absolute atomic E-state index is 0.0894. The number of aromatic amines is 1. The van der Waals surface area contributed by atoms with E-state index < -0.39 is 29.6 Å². The second-order valence-corrected chi connectivity index (χ2v) is 5.62. The lowest BCUT2D eigenvalue weighted by Crippen LogP contribution is -2.33. The Bertz CT molecular complexity index is 682. The third-order valence-electron chi connectivity index (χ3n) is 3.27. The van der Waals surface area contributed by atoms with Crippen LogP contribution in [0.5, 0.6) is 0 Å². The standard InChI is InChI=1S/C11H16N5O5P/c1-6-3-16(11(19)13-10(6)18)9-2-7(14-15-12)8(21-9)4-20-22-5-17/h3,7-9,17,22H,2,4-5H2,1H3,(H,13,18,19)/t7?,8-,9-/m1/s1. The van der Waals surface area contributed by atoms with Gasteiger partial charge in [-0.25, -0.2) is 4.79 Å². The van der Waals surface area contributed by atoms with E-state index in [1.165, 1.54) is 10.8 Å². The normalized spacial score (nSPS) is 24.7. The molecule has 10 nitrogen and oxygen atoms in total. The first-order valence-corrected chi connectivity index (χ1v) is 7.65. The molecule has 4 atom stereocenters. The summed E-state index contributed by atoms with van der Waals surface area (Å²) in [6.07, 6.45) is 0.452. The van der Waals surface area contributed by atoms with Crippen molar-refractivity contribution in [1.82, 2.24) is 9.55 Å². The number of aromatic nitrogens is 2. The first-order valence-electron chi connectivity index (χ1n) is 6.54. The number of nitrogens with one attached hydrogen (secondary N) is 1. The number of hydrogen-bond acceptors (Lipinski definition) is 6. The van der Waals surface area contributed by atoms with Crippen LogP contribution in [0.4, 0.5) is 0 Å². The van der Waals surface area contributed by atoms with Gasteiger partial charge in [-0.1, -0.05) is 5.11 Å². The Morgan fingerprint density at radius 3 is 3.14 bits per heavy atom. The van der Waals surface area contributed by atoms with Crippen LogP contribution in [-0.2, 0) is 9.26 Å².